The Morgan fingerprint density at radius 2 is 2.05 bits per heavy atom. The van der Waals surface area contributed by atoms with Crippen molar-refractivity contribution < 1.29 is 18.7 Å². The second kappa shape index (κ2) is 5.94. The first-order valence-electron chi connectivity index (χ1n) is 6.70. The van der Waals surface area contributed by atoms with E-state index in [1.165, 1.54) is 10.6 Å². The van der Waals surface area contributed by atoms with Crippen LogP contribution in [-0.2, 0) is 4.74 Å². The minimum atomic E-state index is -0.484. The first-order chi connectivity index (χ1) is 9.58. The first kappa shape index (κ1) is 14.4. The predicted octanol–water partition coefficient (Wildman–Crippen LogP) is 3.88. The molecule has 0 unspecified atom stereocenters. The van der Waals surface area contributed by atoms with Gasteiger partial charge in [-0.05, 0) is 32.4 Å². The van der Waals surface area contributed by atoms with Gasteiger partial charge < -0.3 is 9.47 Å². The average Bonchev–Trinajstić information content (AvgIpc) is 2.72. The fourth-order valence-corrected chi connectivity index (χ4v) is 2.11. The molecule has 108 valence electrons. The lowest BCUT2D eigenvalue weighted by atomic mass is 10.2. The van der Waals surface area contributed by atoms with Crippen LogP contribution in [0.3, 0.4) is 0 Å². The van der Waals surface area contributed by atoms with Gasteiger partial charge in [-0.1, -0.05) is 6.92 Å². The molecule has 1 aromatic carbocycles. The molecule has 0 saturated carbocycles. The van der Waals surface area contributed by atoms with Crippen LogP contribution in [0.4, 0.5) is 9.18 Å². The maximum Gasteiger partial charge on any atom is 0.418 e. The molecule has 4 nitrogen and oxygen atoms in total. The first-order valence-corrected chi connectivity index (χ1v) is 6.70. The van der Waals surface area contributed by atoms with Gasteiger partial charge in [-0.3, -0.25) is 0 Å². The molecule has 0 fully saturated rings. The maximum absolute atomic E-state index is 13.9. The molecule has 0 N–H and O–H groups in total. The Bertz CT molecular complexity index is 634. The number of fused-ring (bicyclic) bond motifs is 1. The number of carbonyl (C=O) groups excluding carboxylic acids is 1. The minimum absolute atomic E-state index is 0.194. The fraction of sp³-hybridized carbons (Fsp3) is 0.400. The second-order valence-corrected chi connectivity index (χ2v) is 4.51. The van der Waals surface area contributed by atoms with E-state index in [-0.39, 0.29) is 5.75 Å². The molecule has 0 aliphatic rings. The van der Waals surface area contributed by atoms with Crippen LogP contribution in [0, 0.1) is 12.7 Å². The molecule has 0 saturated heterocycles. The minimum Gasteiger partial charge on any atom is -0.491 e. The lowest BCUT2D eigenvalue weighted by molar-refractivity contribution is 0.148. The fourth-order valence-electron chi connectivity index (χ4n) is 2.11. The largest absolute Gasteiger partial charge is 0.491 e. The summed E-state index contributed by atoms with van der Waals surface area (Å²) in [5, 5.41) is 0.751. The van der Waals surface area contributed by atoms with E-state index in [0.29, 0.717) is 24.4 Å². The van der Waals surface area contributed by atoms with E-state index in [1.807, 2.05) is 13.0 Å². The van der Waals surface area contributed by atoms with Gasteiger partial charge in [-0.15, -0.1) is 0 Å². The highest BCUT2D eigenvalue weighted by molar-refractivity contribution is 5.91. The van der Waals surface area contributed by atoms with Crippen LogP contribution in [0.25, 0.3) is 10.9 Å². The molecule has 0 radical (unpaired) electrons. The van der Waals surface area contributed by atoms with Gasteiger partial charge in [-0.25, -0.2) is 13.8 Å². The zero-order valence-electron chi connectivity index (χ0n) is 11.9. The van der Waals surface area contributed by atoms with Crippen LogP contribution >= 0.6 is 0 Å². The summed E-state index contributed by atoms with van der Waals surface area (Å²) in [6.07, 6.45) is 0.259. The van der Waals surface area contributed by atoms with Gasteiger partial charge in [0.05, 0.1) is 18.7 Å². The van der Waals surface area contributed by atoms with Crippen LogP contribution in [0.2, 0.25) is 0 Å². The Kier molecular flexibility index (Phi) is 4.27. The summed E-state index contributed by atoms with van der Waals surface area (Å²) < 4.78 is 25.6. The number of halogens is 1. The molecule has 20 heavy (non-hydrogen) atoms. The van der Waals surface area contributed by atoms with Crippen molar-refractivity contribution in [3.05, 3.63) is 29.7 Å². The van der Waals surface area contributed by atoms with Crippen molar-refractivity contribution in [1.29, 1.82) is 0 Å². The van der Waals surface area contributed by atoms with Gasteiger partial charge in [0.1, 0.15) is 0 Å². The number of hydrogen-bond acceptors (Lipinski definition) is 3. The number of carbonyl (C=O) groups is 1. The number of aromatic nitrogens is 1. The number of ether oxygens (including phenoxy) is 2. The number of rotatable bonds is 4. The Morgan fingerprint density at radius 3 is 2.70 bits per heavy atom. The van der Waals surface area contributed by atoms with Gasteiger partial charge >= 0.3 is 6.09 Å². The highest BCUT2D eigenvalue weighted by Crippen LogP contribution is 2.27. The monoisotopic (exact) mass is 279 g/mol. The van der Waals surface area contributed by atoms with Gasteiger partial charge in [0, 0.05) is 17.1 Å². The summed E-state index contributed by atoms with van der Waals surface area (Å²) in [5.41, 5.74) is 1.19. The summed E-state index contributed by atoms with van der Waals surface area (Å²) in [6.45, 7) is 6.23. The smallest absolute Gasteiger partial charge is 0.418 e. The van der Waals surface area contributed by atoms with Gasteiger partial charge in [0.15, 0.2) is 11.6 Å². The van der Waals surface area contributed by atoms with Crippen molar-refractivity contribution >= 4 is 17.0 Å². The molecule has 0 spiro atoms. The van der Waals surface area contributed by atoms with Crippen molar-refractivity contribution in [1.82, 2.24) is 4.57 Å². The molecule has 2 aromatic rings. The molecule has 2 rings (SSSR count). The second-order valence-electron chi connectivity index (χ2n) is 4.51. The van der Waals surface area contributed by atoms with E-state index < -0.39 is 11.9 Å². The molecule has 0 bridgehead atoms. The Balaban J connectivity index is 2.48. The number of nitrogens with zero attached hydrogens (tertiary/aromatic N) is 1. The number of benzene rings is 1. The molecule has 0 aliphatic heterocycles. The molecule has 5 heteroatoms. The van der Waals surface area contributed by atoms with E-state index in [9.17, 15) is 9.18 Å². The quantitative estimate of drug-likeness (QED) is 0.852. The molecule has 1 heterocycles. The SMILES string of the molecule is CCCOC(=O)n1c(C)cc2cc(OCC)c(F)cc21. The summed E-state index contributed by atoms with van der Waals surface area (Å²) in [4.78, 5) is 12.0. The van der Waals surface area contributed by atoms with E-state index in [4.69, 9.17) is 9.47 Å². The van der Waals surface area contributed by atoms with Crippen LogP contribution in [-0.4, -0.2) is 23.9 Å². The molecule has 0 atom stereocenters. The van der Waals surface area contributed by atoms with Crippen molar-refractivity contribution in [2.45, 2.75) is 27.2 Å². The summed E-state index contributed by atoms with van der Waals surface area (Å²) in [5.74, 6) is -0.291. The van der Waals surface area contributed by atoms with Crippen molar-refractivity contribution in [3.8, 4) is 5.75 Å². The van der Waals surface area contributed by atoms with Gasteiger partial charge in [-0.2, -0.15) is 0 Å². The van der Waals surface area contributed by atoms with Crippen LogP contribution in [0.15, 0.2) is 18.2 Å². The van der Waals surface area contributed by atoms with E-state index >= 15 is 0 Å². The lowest BCUT2D eigenvalue weighted by Gasteiger charge is -2.08. The van der Waals surface area contributed by atoms with E-state index in [2.05, 4.69) is 0 Å². The number of aryl methyl sites for hydroxylation is 1. The third-order valence-electron chi connectivity index (χ3n) is 2.95. The van der Waals surface area contributed by atoms with Crippen LogP contribution < -0.4 is 4.74 Å². The molecule has 0 amide bonds. The standard InChI is InChI=1S/C15H18FNO3/c1-4-6-20-15(18)17-10(3)7-11-8-14(19-5-2)12(16)9-13(11)17/h7-9H,4-6H2,1-3H3. The zero-order valence-corrected chi connectivity index (χ0v) is 11.9. The third kappa shape index (κ3) is 2.61. The third-order valence-corrected chi connectivity index (χ3v) is 2.95. The Morgan fingerprint density at radius 1 is 1.30 bits per heavy atom. The summed E-state index contributed by atoms with van der Waals surface area (Å²) in [6, 6.07) is 4.72. The van der Waals surface area contributed by atoms with E-state index in [1.54, 1.807) is 19.9 Å². The zero-order chi connectivity index (χ0) is 14.7. The number of hydrogen-bond donors (Lipinski definition) is 0. The maximum atomic E-state index is 13.9. The summed E-state index contributed by atoms with van der Waals surface area (Å²) in [7, 11) is 0. The van der Waals surface area contributed by atoms with Crippen molar-refractivity contribution in [2.24, 2.45) is 0 Å². The predicted molar refractivity (Wildman–Crippen MR) is 74.8 cm³/mol. The molecular weight excluding hydrogens is 261 g/mol. The highest BCUT2D eigenvalue weighted by atomic mass is 19.1. The van der Waals surface area contributed by atoms with Crippen LogP contribution in [0.1, 0.15) is 26.0 Å². The van der Waals surface area contributed by atoms with Crippen LogP contribution in [0.5, 0.6) is 5.75 Å². The average molecular weight is 279 g/mol. The lowest BCUT2D eigenvalue weighted by Crippen LogP contribution is -2.15. The molecular formula is C15H18FNO3. The summed E-state index contributed by atoms with van der Waals surface area (Å²) >= 11 is 0. The van der Waals surface area contributed by atoms with Gasteiger partial charge in [0.2, 0.25) is 0 Å². The topological polar surface area (TPSA) is 40.5 Å². The van der Waals surface area contributed by atoms with E-state index in [0.717, 1.165) is 11.8 Å². The van der Waals surface area contributed by atoms with Gasteiger partial charge in [0.25, 0.3) is 0 Å². The Labute approximate surface area is 117 Å². The molecule has 0 aliphatic carbocycles. The highest BCUT2D eigenvalue weighted by Gasteiger charge is 2.16. The van der Waals surface area contributed by atoms with Crippen molar-refractivity contribution in [2.75, 3.05) is 13.2 Å². The normalized spacial score (nSPS) is 10.8. The Hall–Kier alpha value is -2.04. The molecule has 1 aromatic heterocycles. The van der Waals surface area contributed by atoms with Crippen molar-refractivity contribution in [3.63, 3.8) is 0 Å².